The van der Waals surface area contributed by atoms with Gasteiger partial charge in [0.1, 0.15) is 0 Å². The standard InChI is InChI=1S/C11H21N3OS/c15-11(13-8-9-1-4-12-7-9)14-10-2-5-16-6-3-10/h9-10,12H,1-8H2,(H2,13,14,15). The summed E-state index contributed by atoms with van der Waals surface area (Å²) in [6.45, 7) is 2.94. The van der Waals surface area contributed by atoms with Crippen molar-refractivity contribution in [2.75, 3.05) is 31.1 Å². The molecule has 0 aromatic rings. The molecule has 2 aliphatic heterocycles. The molecule has 3 N–H and O–H groups in total. The molecular formula is C11H21N3OS. The fourth-order valence-corrected chi connectivity index (χ4v) is 3.31. The second-order valence-corrected chi connectivity index (χ2v) is 5.82. The summed E-state index contributed by atoms with van der Waals surface area (Å²) in [5.74, 6) is 2.97. The minimum absolute atomic E-state index is 0.0174. The first-order valence-electron chi connectivity index (χ1n) is 6.17. The zero-order chi connectivity index (χ0) is 11.2. The molecule has 92 valence electrons. The molecule has 2 rings (SSSR count). The summed E-state index contributed by atoms with van der Waals surface area (Å²) in [4.78, 5) is 11.6. The number of thioether (sulfide) groups is 1. The Hall–Kier alpha value is -0.420. The molecule has 2 amide bonds. The van der Waals surface area contributed by atoms with Crippen LogP contribution in [0.3, 0.4) is 0 Å². The fourth-order valence-electron chi connectivity index (χ4n) is 2.20. The molecule has 1 unspecified atom stereocenters. The van der Waals surface area contributed by atoms with E-state index in [2.05, 4.69) is 16.0 Å². The van der Waals surface area contributed by atoms with Crippen LogP contribution in [0.15, 0.2) is 0 Å². The van der Waals surface area contributed by atoms with Gasteiger partial charge in [-0.2, -0.15) is 11.8 Å². The number of hydrogen-bond acceptors (Lipinski definition) is 3. The lowest BCUT2D eigenvalue weighted by atomic mass is 10.1. The average Bonchev–Trinajstić information content (AvgIpc) is 2.81. The van der Waals surface area contributed by atoms with Gasteiger partial charge in [0, 0.05) is 12.6 Å². The Bertz CT molecular complexity index is 225. The molecular weight excluding hydrogens is 222 g/mol. The predicted octanol–water partition coefficient (Wildman–Crippen LogP) is 0.791. The van der Waals surface area contributed by atoms with Gasteiger partial charge < -0.3 is 16.0 Å². The lowest BCUT2D eigenvalue weighted by Crippen LogP contribution is -2.45. The van der Waals surface area contributed by atoms with Crippen LogP contribution < -0.4 is 16.0 Å². The number of urea groups is 1. The van der Waals surface area contributed by atoms with Crippen LogP contribution in [0.25, 0.3) is 0 Å². The summed E-state index contributed by atoms with van der Waals surface area (Å²) in [5, 5.41) is 9.34. The summed E-state index contributed by atoms with van der Waals surface area (Å²) in [7, 11) is 0. The molecule has 0 aromatic heterocycles. The van der Waals surface area contributed by atoms with Gasteiger partial charge in [-0.15, -0.1) is 0 Å². The zero-order valence-corrected chi connectivity index (χ0v) is 10.4. The summed E-state index contributed by atoms with van der Waals surface area (Å²) in [6, 6.07) is 0.409. The SMILES string of the molecule is O=C(NCC1CCNC1)NC1CCSCC1. The van der Waals surface area contributed by atoms with E-state index in [9.17, 15) is 4.79 Å². The van der Waals surface area contributed by atoms with Crippen LogP contribution in [-0.2, 0) is 0 Å². The highest BCUT2D eigenvalue weighted by molar-refractivity contribution is 7.99. The Labute approximate surface area is 101 Å². The first kappa shape index (κ1) is 12.0. The van der Waals surface area contributed by atoms with Crippen molar-refractivity contribution in [1.29, 1.82) is 0 Å². The second kappa shape index (κ2) is 6.35. The van der Waals surface area contributed by atoms with Crippen molar-refractivity contribution in [3.8, 4) is 0 Å². The van der Waals surface area contributed by atoms with Gasteiger partial charge in [0.15, 0.2) is 0 Å². The van der Waals surface area contributed by atoms with E-state index in [0.29, 0.717) is 12.0 Å². The molecule has 2 aliphatic rings. The average molecular weight is 243 g/mol. The van der Waals surface area contributed by atoms with Crippen molar-refractivity contribution < 1.29 is 4.79 Å². The van der Waals surface area contributed by atoms with Gasteiger partial charge in [0.05, 0.1) is 0 Å². The van der Waals surface area contributed by atoms with Crippen LogP contribution in [-0.4, -0.2) is 43.2 Å². The summed E-state index contributed by atoms with van der Waals surface area (Å²) in [5.41, 5.74) is 0. The van der Waals surface area contributed by atoms with E-state index in [1.165, 1.54) is 17.9 Å². The molecule has 0 saturated carbocycles. The highest BCUT2D eigenvalue weighted by atomic mass is 32.2. The highest BCUT2D eigenvalue weighted by Gasteiger charge is 2.18. The molecule has 16 heavy (non-hydrogen) atoms. The molecule has 2 heterocycles. The van der Waals surface area contributed by atoms with E-state index >= 15 is 0 Å². The molecule has 0 aromatic carbocycles. The maximum Gasteiger partial charge on any atom is 0.315 e. The Morgan fingerprint density at radius 3 is 2.81 bits per heavy atom. The van der Waals surface area contributed by atoms with Crippen molar-refractivity contribution in [2.24, 2.45) is 5.92 Å². The zero-order valence-electron chi connectivity index (χ0n) is 9.63. The van der Waals surface area contributed by atoms with Crippen LogP contribution in [0.5, 0.6) is 0 Å². The van der Waals surface area contributed by atoms with Crippen molar-refractivity contribution in [3.05, 3.63) is 0 Å². The van der Waals surface area contributed by atoms with Crippen molar-refractivity contribution in [3.63, 3.8) is 0 Å². The van der Waals surface area contributed by atoms with E-state index in [1.54, 1.807) is 0 Å². The van der Waals surface area contributed by atoms with Crippen molar-refractivity contribution in [2.45, 2.75) is 25.3 Å². The number of amides is 2. The Morgan fingerprint density at radius 1 is 1.31 bits per heavy atom. The third kappa shape index (κ3) is 3.87. The highest BCUT2D eigenvalue weighted by Crippen LogP contribution is 2.16. The first-order chi connectivity index (χ1) is 7.84. The maximum atomic E-state index is 11.6. The molecule has 2 saturated heterocycles. The maximum absolute atomic E-state index is 11.6. The van der Waals surface area contributed by atoms with Crippen LogP contribution >= 0.6 is 11.8 Å². The van der Waals surface area contributed by atoms with E-state index in [4.69, 9.17) is 0 Å². The third-order valence-corrected chi connectivity index (χ3v) is 4.32. The van der Waals surface area contributed by atoms with Gasteiger partial charge in [0.2, 0.25) is 0 Å². The van der Waals surface area contributed by atoms with Crippen LogP contribution in [0.4, 0.5) is 4.79 Å². The van der Waals surface area contributed by atoms with Gasteiger partial charge >= 0.3 is 6.03 Å². The van der Waals surface area contributed by atoms with Crippen molar-refractivity contribution >= 4 is 17.8 Å². The van der Waals surface area contributed by atoms with Crippen LogP contribution in [0, 0.1) is 5.92 Å². The first-order valence-corrected chi connectivity index (χ1v) is 7.33. The fraction of sp³-hybridized carbons (Fsp3) is 0.909. The Morgan fingerprint density at radius 2 is 2.12 bits per heavy atom. The smallest absolute Gasteiger partial charge is 0.315 e. The second-order valence-electron chi connectivity index (χ2n) is 4.60. The topological polar surface area (TPSA) is 53.2 Å². The van der Waals surface area contributed by atoms with Gasteiger partial charge in [-0.05, 0) is 49.8 Å². The predicted molar refractivity (Wildman–Crippen MR) is 67.9 cm³/mol. The van der Waals surface area contributed by atoms with Gasteiger partial charge in [0.25, 0.3) is 0 Å². The number of hydrogen-bond donors (Lipinski definition) is 3. The number of carbonyl (C=O) groups is 1. The lowest BCUT2D eigenvalue weighted by Gasteiger charge is -2.23. The minimum atomic E-state index is 0.0174. The summed E-state index contributed by atoms with van der Waals surface area (Å²) >= 11 is 1.98. The van der Waals surface area contributed by atoms with E-state index in [-0.39, 0.29) is 6.03 Å². The van der Waals surface area contributed by atoms with Gasteiger partial charge in [-0.3, -0.25) is 0 Å². The van der Waals surface area contributed by atoms with Crippen molar-refractivity contribution in [1.82, 2.24) is 16.0 Å². The van der Waals surface area contributed by atoms with Gasteiger partial charge in [-0.25, -0.2) is 4.79 Å². The third-order valence-electron chi connectivity index (χ3n) is 3.27. The van der Waals surface area contributed by atoms with E-state index < -0.39 is 0 Å². The molecule has 5 heteroatoms. The summed E-state index contributed by atoms with van der Waals surface area (Å²) in [6.07, 6.45) is 3.41. The van der Waals surface area contributed by atoms with Crippen LogP contribution in [0.2, 0.25) is 0 Å². The number of nitrogens with one attached hydrogen (secondary N) is 3. The van der Waals surface area contributed by atoms with E-state index in [0.717, 1.165) is 32.5 Å². The largest absolute Gasteiger partial charge is 0.338 e. The molecule has 2 fully saturated rings. The minimum Gasteiger partial charge on any atom is -0.338 e. The number of rotatable bonds is 3. The molecule has 0 radical (unpaired) electrons. The molecule has 1 atom stereocenters. The molecule has 0 bridgehead atoms. The molecule has 4 nitrogen and oxygen atoms in total. The molecule has 0 aliphatic carbocycles. The van der Waals surface area contributed by atoms with Crippen LogP contribution in [0.1, 0.15) is 19.3 Å². The Kier molecular flexibility index (Phi) is 4.78. The monoisotopic (exact) mass is 243 g/mol. The van der Waals surface area contributed by atoms with E-state index in [1.807, 2.05) is 11.8 Å². The summed E-state index contributed by atoms with van der Waals surface area (Å²) < 4.78 is 0. The van der Waals surface area contributed by atoms with Gasteiger partial charge in [-0.1, -0.05) is 0 Å². The number of carbonyl (C=O) groups excluding carboxylic acids is 1. The normalized spacial score (nSPS) is 26.6. The quantitative estimate of drug-likeness (QED) is 0.687. The lowest BCUT2D eigenvalue weighted by molar-refractivity contribution is 0.234. The Balaban J connectivity index is 1.59. The molecule has 0 spiro atoms.